The van der Waals surface area contributed by atoms with E-state index in [-0.39, 0.29) is 35.7 Å². The van der Waals surface area contributed by atoms with E-state index in [4.69, 9.17) is 32.7 Å². The molecule has 2 saturated heterocycles. The predicted octanol–water partition coefficient (Wildman–Crippen LogP) is 12.5. The second-order valence-corrected chi connectivity index (χ2v) is 20.3. The number of piperidine rings is 2. The lowest BCUT2D eigenvalue weighted by atomic mass is 9.75. The third-order valence-electron chi connectivity index (χ3n) is 15.0. The highest BCUT2D eigenvalue weighted by atomic mass is 35.5. The molecule has 2 aliphatic heterocycles. The minimum atomic E-state index is -0.181. The summed E-state index contributed by atoms with van der Waals surface area (Å²) in [5.41, 5.74) is 6.44. The molecule has 0 atom stereocenters. The summed E-state index contributed by atoms with van der Waals surface area (Å²) < 4.78 is 36.9. The number of ether oxygens (including phenoxy) is 2. The van der Waals surface area contributed by atoms with Crippen molar-refractivity contribution in [3.63, 3.8) is 0 Å². The summed E-state index contributed by atoms with van der Waals surface area (Å²) in [5.74, 6) is 1.25. The molecule has 0 amide bonds. The van der Waals surface area contributed by atoms with Crippen molar-refractivity contribution in [1.29, 1.82) is 0 Å². The van der Waals surface area contributed by atoms with Crippen LogP contribution < -0.4 is 9.47 Å². The van der Waals surface area contributed by atoms with Gasteiger partial charge in [0, 0.05) is 36.4 Å². The fourth-order valence-electron chi connectivity index (χ4n) is 10.4. The fraction of sp³-hybridized carbons (Fsp3) is 0.474. The number of likely N-dealkylation sites (tertiary alicyclic amines) is 2. The van der Waals surface area contributed by atoms with E-state index in [0.717, 1.165) is 180 Å². The maximum absolute atomic E-state index is 13.1. The van der Waals surface area contributed by atoms with Gasteiger partial charge in [-0.25, -0.2) is 8.78 Å². The molecule has 0 bridgehead atoms. The summed E-state index contributed by atoms with van der Waals surface area (Å²) in [5, 5.41) is 24.0. The Morgan fingerprint density at radius 3 is 1.35 bits per heavy atom. The van der Waals surface area contributed by atoms with Gasteiger partial charge in [-0.2, -0.15) is 0 Å². The lowest BCUT2D eigenvalue weighted by Gasteiger charge is -2.41. The Hall–Kier alpha value is -4.42. The normalized spacial score (nSPS) is 16.1. The quantitative estimate of drug-likeness (QED) is 0.0689. The smallest absolute Gasteiger partial charge is 0.123 e. The fourth-order valence-corrected chi connectivity index (χ4v) is 10.9. The minimum absolute atomic E-state index is 0.00237. The number of rotatable bonds is 21. The standard InChI is InChI=1S/C29H36ClFN2O2.C28H34ClFN2O2/c1-35-24-11-12-28-26(19-24)25(27(30)20-32-28)6-4-13-29(21-34)14-17-33(18-15-29)16-3-2-5-22-7-9-23(31)10-8-22;1-34-23-10-11-27-25(18-23)24(26(29)19-31-27)5-2-12-28(20-33)13-16-32(17-14-28)15-3-4-21-6-8-22(30)9-7-21/h7-12,19-20,34H,2-6,13-18,21H2,1H3;6-11,18-19,33H,2-5,12-17,20H2,1H3. The molecule has 69 heavy (non-hydrogen) atoms. The van der Waals surface area contributed by atoms with E-state index < -0.39 is 0 Å². The van der Waals surface area contributed by atoms with Crippen molar-refractivity contribution in [3.05, 3.63) is 141 Å². The lowest BCUT2D eigenvalue weighted by molar-refractivity contribution is 0.0352. The highest BCUT2D eigenvalue weighted by molar-refractivity contribution is 6.32. The average Bonchev–Trinajstić information content (AvgIpc) is 3.38. The van der Waals surface area contributed by atoms with Gasteiger partial charge in [0.15, 0.2) is 0 Å². The molecule has 0 aliphatic carbocycles. The number of hydrogen-bond donors (Lipinski definition) is 2. The number of hydrogen-bond acceptors (Lipinski definition) is 8. The molecular formula is C57H70Cl2F2N4O4. The molecule has 4 heterocycles. The average molecular weight is 984 g/mol. The van der Waals surface area contributed by atoms with Gasteiger partial charge in [0.25, 0.3) is 0 Å². The van der Waals surface area contributed by atoms with Crippen molar-refractivity contribution in [2.75, 3.05) is 66.7 Å². The maximum Gasteiger partial charge on any atom is 0.123 e. The zero-order valence-electron chi connectivity index (χ0n) is 40.5. The molecule has 0 radical (unpaired) electrons. The number of aromatic nitrogens is 2. The predicted molar refractivity (Wildman–Crippen MR) is 277 cm³/mol. The number of pyridine rings is 2. The summed E-state index contributed by atoms with van der Waals surface area (Å²) in [7, 11) is 3.33. The van der Waals surface area contributed by atoms with Crippen LogP contribution in [-0.2, 0) is 25.7 Å². The topological polar surface area (TPSA) is 91.2 Å². The molecule has 2 fully saturated rings. The van der Waals surface area contributed by atoms with Gasteiger partial charge in [0.05, 0.1) is 35.3 Å². The molecule has 0 spiro atoms. The van der Waals surface area contributed by atoms with Crippen LogP contribution >= 0.6 is 23.2 Å². The molecule has 8 nitrogen and oxygen atoms in total. The zero-order valence-corrected chi connectivity index (χ0v) is 42.0. The van der Waals surface area contributed by atoms with Crippen LogP contribution in [-0.4, -0.2) is 96.7 Å². The third-order valence-corrected chi connectivity index (χ3v) is 15.6. The number of fused-ring (bicyclic) bond motifs is 2. The van der Waals surface area contributed by atoms with E-state index in [1.165, 1.54) is 35.4 Å². The largest absolute Gasteiger partial charge is 0.497 e. The van der Waals surface area contributed by atoms with E-state index in [9.17, 15) is 19.0 Å². The number of aryl methyl sites for hydroxylation is 4. The highest BCUT2D eigenvalue weighted by Gasteiger charge is 2.35. The van der Waals surface area contributed by atoms with E-state index >= 15 is 0 Å². The van der Waals surface area contributed by atoms with E-state index in [0.29, 0.717) is 10.0 Å². The maximum atomic E-state index is 13.1. The Morgan fingerprint density at radius 2 is 0.942 bits per heavy atom. The van der Waals surface area contributed by atoms with Crippen LogP contribution in [0.5, 0.6) is 11.5 Å². The van der Waals surface area contributed by atoms with Gasteiger partial charge in [-0.3, -0.25) is 9.97 Å². The molecule has 2 aliphatic rings. The Labute approximate surface area is 418 Å². The van der Waals surface area contributed by atoms with Crippen LogP contribution in [0.15, 0.2) is 97.3 Å². The highest BCUT2D eigenvalue weighted by Crippen LogP contribution is 2.39. The number of aliphatic hydroxyl groups is 2. The molecule has 8 rings (SSSR count). The van der Waals surface area contributed by atoms with E-state index in [1.807, 2.05) is 60.7 Å². The van der Waals surface area contributed by atoms with Gasteiger partial charge >= 0.3 is 0 Å². The van der Waals surface area contributed by atoms with Crippen LogP contribution in [0.1, 0.15) is 92.9 Å². The summed E-state index contributed by atoms with van der Waals surface area (Å²) in [6.45, 7) is 6.70. The molecule has 2 aromatic heterocycles. The van der Waals surface area contributed by atoms with Gasteiger partial charge < -0.3 is 29.5 Å². The van der Waals surface area contributed by atoms with Crippen LogP contribution in [0, 0.1) is 22.5 Å². The Kier molecular flexibility index (Phi) is 19.5. The SMILES string of the molecule is COc1ccc2ncc(Cl)c(CCCC3(CO)CCN(CCCCc4ccc(F)cc4)CC3)c2c1.COc1ccc2ncc(Cl)c(CCCC3(CO)CCN(CCCc4ccc(F)cc4)CC3)c2c1. The van der Waals surface area contributed by atoms with Crippen molar-refractivity contribution < 1.29 is 28.5 Å². The second-order valence-electron chi connectivity index (χ2n) is 19.5. The zero-order chi connectivity index (χ0) is 48.6. The van der Waals surface area contributed by atoms with Crippen molar-refractivity contribution >= 4 is 45.0 Å². The summed E-state index contributed by atoms with van der Waals surface area (Å²) in [6, 6.07) is 25.4. The van der Waals surface area contributed by atoms with Crippen molar-refractivity contribution in [2.45, 2.75) is 96.3 Å². The van der Waals surface area contributed by atoms with Crippen LogP contribution in [0.2, 0.25) is 10.0 Å². The van der Waals surface area contributed by atoms with E-state index in [2.05, 4.69) is 19.8 Å². The Balaban J connectivity index is 0.000000204. The number of aliphatic hydroxyl groups excluding tert-OH is 2. The molecule has 0 saturated carbocycles. The molecular weight excluding hydrogens is 914 g/mol. The third kappa shape index (κ3) is 14.6. The van der Waals surface area contributed by atoms with Crippen molar-refractivity contribution in [1.82, 2.24) is 19.8 Å². The molecule has 2 N–H and O–H groups in total. The number of unbranched alkanes of at least 4 members (excludes halogenated alkanes) is 1. The first kappa shape index (κ1) is 52.4. The molecule has 6 aromatic rings. The molecule has 12 heteroatoms. The summed E-state index contributed by atoms with van der Waals surface area (Å²) in [4.78, 5) is 13.9. The number of benzene rings is 4. The van der Waals surface area contributed by atoms with Gasteiger partial charge in [0.2, 0.25) is 0 Å². The van der Waals surface area contributed by atoms with Gasteiger partial charge in [-0.1, -0.05) is 47.5 Å². The summed E-state index contributed by atoms with van der Waals surface area (Å²) >= 11 is 13.1. The van der Waals surface area contributed by atoms with Crippen LogP contribution in [0.25, 0.3) is 21.8 Å². The van der Waals surface area contributed by atoms with Crippen molar-refractivity contribution in [3.8, 4) is 11.5 Å². The molecule has 4 aromatic carbocycles. The first-order valence-electron chi connectivity index (χ1n) is 24.9. The van der Waals surface area contributed by atoms with Crippen molar-refractivity contribution in [2.24, 2.45) is 10.8 Å². The monoisotopic (exact) mass is 982 g/mol. The second kappa shape index (κ2) is 25.6. The van der Waals surface area contributed by atoms with Crippen LogP contribution in [0.3, 0.4) is 0 Å². The van der Waals surface area contributed by atoms with Crippen LogP contribution in [0.4, 0.5) is 8.78 Å². The number of methoxy groups -OCH3 is 2. The Bertz CT molecular complexity index is 2530. The Morgan fingerprint density at radius 1 is 0.536 bits per heavy atom. The van der Waals surface area contributed by atoms with Gasteiger partial charge in [0.1, 0.15) is 23.1 Å². The molecule has 370 valence electrons. The van der Waals surface area contributed by atoms with Gasteiger partial charge in [-0.15, -0.1) is 0 Å². The summed E-state index contributed by atoms with van der Waals surface area (Å²) in [6.07, 6.45) is 18.5. The van der Waals surface area contributed by atoms with E-state index in [1.54, 1.807) is 26.6 Å². The first-order chi connectivity index (χ1) is 33.5. The minimum Gasteiger partial charge on any atom is -0.497 e. The number of nitrogens with zero attached hydrogens (tertiary/aromatic N) is 4. The lowest BCUT2D eigenvalue weighted by Crippen LogP contribution is -2.42. The molecule has 0 unspecified atom stereocenters. The van der Waals surface area contributed by atoms with Gasteiger partial charge in [-0.05, 0) is 229 Å². The first-order valence-corrected chi connectivity index (χ1v) is 25.7. The number of halogens is 4.